The molecule has 0 unspecified atom stereocenters. The number of halogens is 2. The van der Waals surface area contributed by atoms with E-state index in [1.807, 2.05) is 48.5 Å². The molecular weight excluding hydrogens is 410 g/mol. The monoisotopic (exact) mass is 440 g/mol. The van der Waals surface area contributed by atoms with E-state index in [-0.39, 0.29) is 11.1 Å². The molecule has 0 radical (unpaired) electrons. The Hall–Kier alpha value is -3.36. The fourth-order valence-corrected chi connectivity index (χ4v) is 3.49. The molecule has 168 valence electrons. The van der Waals surface area contributed by atoms with Gasteiger partial charge in [0.15, 0.2) is 0 Å². The Balaban J connectivity index is 1.69. The van der Waals surface area contributed by atoms with Crippen LogP contribution in [0.3, 0.4) is 0 Å². The Morgan fingerprint density at radius 3 is 1.39 bits per heavy atom. The van der Waals surface area contributed by atoms with Crippen molar-refractivity contribution in [3.8, 4) is 23.7 Å². The maximum atomic E-state index is 14.5. The molecule has 0 spiro atoms. The van der Waals surface area contributed by atoms with Crippen LogP contribution in [-0.4, -0.2) is 0 Å². The molecular formula is C31H30F2. The summed E-state index contributed by atoms with van der Waals surface area (Å²) in [6.07, 6.45) is 7.97. The minimum atomic E-state index is -0.570. The zero-order valence-corrected chi connectivity index (χ0v) is 19.5. The van der Waals surface area contributed by atoms with E-state index < -0.39 is 11.6 Å². The second-order valence-electron chi connectivity index (χ2n) is 8.27. The Kier molecular flexibility index (Phi) is 9.29. The number of hydrogen-bond acceptors (Lipinski definition) is 0. The molecule has 0 aliphatic heterocycles. The van der Waals surface area contributed by atoms with E-state index in [4.69, 9.17) is 0 Å². The van der Waals surface area contributed by atoms with Crippen LogP contribution in [0.2, 0.25) is 0 Å². The van der Waals surface area contributed by atoms with Crippen LogP contribution in [0.1, 0.15) is 79.3 Å². The van der Waals surface area contributed by atoms with Crippen LogP contribution in [0, 0.1) is 35.3 Å². The van der Waals surface area contributed by atoms with E-state index in [9.17, 15) is 8.78 Å². The van der Waals surface area contributed by atoms with Crippen LogP contribution in [0.15, 0.2) is 60.7 Å². The highest BCUT2D eigenvalue weighted by atomic mass is 19.1. The largest absolute Gasteiger partial charge is 0.206 e. The molecule has 3 rings (SSSR count). The summed E-state index contributed by atoms with van der Waals surface area (Å²) in [4.78, 5) is 0. The molecule has 0 aliphatic rings. The summed E-state index contributed by atoms with van der Waals surface area (Å²) in [5, 5.41) is 0. The maximum absolute atomic E-state index is 14.5. The minimum absolute atomic E-state index is 0.0320. The summed E-state index contributed by atoms with van der Waals surface area (Å²) in [6.45, 7) is 4.35. The zero-order valence-electron chi connectivity index (χ0n) is 19.5. The summed E-state index contributed by atoms with van der Waals surface area (Å²) < 4.78 is 29.1. The molecule has 3 aromatic rings. The highest BCUT2D eigenvalue weighted by molar-refractivity contribution is 5.49. The normalized spacial score (nSPS) is 10.2. The molecule has 0 aromatic heterocycles. The van der Waals surface area contributed by atoms with Crippen molar-refractivity contribution in [1.82, 2.24) is 0 Å². The lowest BCUT2D eigenvalue weighted by Gasteiger charge is -2.01. The molecule has 0 nitrogen and oxygen atoms in total. The highest BCUT2D eigenvalue weighted by Gasteiger charge is 2.07. The lowest BCUT2D eigenvalue weighted by atomic mass is 10.0. The Morgan fingerprint density at radius 1 is 0.545 bits per heavy atom. The van der Waals surface area contributed by atoms with Crippen molar-refractivity contribution in [3.63, 3.8) is 0 Å². The van der Waals surface area contributed by atoms with Gasteiger partial charge in [-0.2, -0.15) is 0 Å². The molecule has 0 saturated heterocycles. The molecule has 0 saturated carbocycles. The first-order valence-corrected chi connectivity index (χ1v) is 11.8. The maximum Gasteiger partial charge on any atom is 0.140 e. The Morgan fingerprint density at radius 2 is 0.970 bits per heavy atom. The second-order valence-corrected chi connectivity index (χ2v) is 8.27. The topological polar surface area (TPSA) is 0 Å². The van der Waals surface area contributed by atoms with Gasteiger partial charge < -0.3 is 0 Å². The van der Waals surface area contributed by atoms with E-state index in [1.54, 1.807) is 0 Å². The standard InChI is InChI=1S/C31H30F2/c1-3-5-7-9-25-12-16-27(17-13-25)19-21-29-23-30(32)28(22-31(29)33)20-18-26-14-10-24(11-15-26)8-6-4-2/h10-17,22-23H,3-9H2,1-2H3. The predicted octanol–water partition coefficient (Wildman–Crippen LogP) is 7.84. The van der Waals surface area contributed by atoms with Gasteiger partial charge in [-0.15, -0.1) is 0 Å². The summed E-state index contributed by atoms with van der Waals surface area (Å²) in [6, 6.07) is 18.1. The van der Waals surface area contributed by atoms with Crippen molar-refractivity contribution in [2.75, 3.05) is 0 Å². The van der Waals surface area contributed by atoms with Crippen molar-refractivity contribution in [2.45, 2.75) is 58.8 Å². The van der Waals surface area contributed by atoms with E-state index >= 15 is 0 Å². The fraction of sp³-hybridized carbons (Fsp3) is 0.290. The van der Waals surface area contributed by atoms with Gasteiger partial charge in [0, 0.05) is 11.1 Å². The Bertz CT molecular complexity index is 1160. The smallest absolute Gasteiger partial charge is 0.140 e. The summed E-state index contributed by atoms with van der Waals surface area (Å²) in [5.74, 6) is 10.2. The summed E-state index contributed by atoms with van der Waals surface area (Å²) >= 11 is 0. The molecule has 0 fully saturated rings. The van der Waals surface area contributed by atoms with E-state index in [0.29, 0.717) is 0 Å². The molecule has 0 N–H and O–H groups in total. The summed E-state index contributed by atoms with van der Waals surface area (Å²) in [7, 11) is 0. The number of unbranched alkanes of at least 4 members (excludes halogenated alkanes) is 3. The van der Waals surface area contributed by atoms with Gasteiger partial charge in [0.2, 0.25) is 0 Å². The van der Waals surface area contributed by atoms with Gasteiger partial charge in [-0.3, -0.25) is 0 Å². The highest BCUT2D eigenvalue weighted by Crippen LogP contribution is 2.15. The van der Waals surface area contributed by atoms with Gasteiger partial charge in [0.25, 0.3) is 0 Å². The lowest BCUT2D eigenvalue weighted by molar-refractivity contribution is 0.594. The lowest BCUT2D eigenvalue weighted by Crippen LogP contribution is -1.92. The van der Waals surface area contributed by atoms with Crippen LogP contribution in [0.5, 0.6) is 0 Å². The van der Waals surface area contributed by atoms with Crippen LogP contribution < -0.4 is 0 Å². The molecule has 0 bridgehead atoms. The Labute approximate surface area is 197 Å². The molecule has 3 aromatic carbocycles. The number of aryl methyl sites for hydroxylation is 2. The molecule has 33 heavy (non-hydrogen) atoms. The van der Waals surface area contributed by atoms with Gasteiger partial charge >= 0.3 is 0 Å². The minimum Gasteiger partial charge on any atom is -0.206 e. The van der Waals surface area contributed by atoms with Gasteiger partial charge in [0.05, 0.1) is 11.1 Å². The average Bonchev–Trinajstić information content (AvgIpc) is 2.83. The van der Waals surface area contributed by atoms with Crippen LogP contribution in [-0.2, 0) is 12.8 Å². The fourth-order valence-electron chi connectivity index (χ4n) is 3.49. The molecule has 0 amide bonds. The van der Waals surface area contributed by atoms with Crippen molar-refractivity contribution >= 4 is 0 Å². The third-order valence-electron chi connectivity index (χ3n) is 5.54. The van der Waals surface area contributed by atoms with Crippen LogP contribution >= 0.6 is 0 Å². The van der Waals surface area contributed by atoms with Gasteiger partial charge in [0.1, 0.15) is 11.6 Å². The molecule has 0 atom stereocenters. The SMILES string of the molecule is CCCCCc1ccc(C#Cc2cc(F)c(C#Cc3ccc(CCCC)cc3)cc2F)cc1. The second kappa shape index (κ2) is 12.6. The van der Waals surface area contributed by atoms with Crippen molar-refractivity contribution in [1.29, 1.82) is 0 Å². The number of rotatable bonds is 7. The van der Waals surface area contributed by atoms with Gasteiger partial charge in [-0.1, -0.05) is 81.1 Å². The van der Waals surface area contributed by atoms with Crippen LogP contribution in [0.25, 0.3) is 0 Å². The third-order valence-corrected chi connectivity index (χ3v) is 5.54. The average molecular weight is 441 g/mol. The molecule has 2 heteroatoms. The number of benzene rings is 3. The molecule has 0 heterocycles. The van der Waals surface area contributed by atoms with Gasteiger partial charge in [-0.25, -0.2) is 8.78 Å². The first-order valence-electron chi connectivity index (χ1n) is 11.8. The first-order chi connectivity index (χ1) is 16.1. The van der Waals surface area contributed by atoms with Gasteiger partial charge in [-0.05, 0) is 73.2 Å². The van der Waals surface area contributed by atoms with E-state index in [1.165, 1.54) is 30.4 Å². The first kappa shape index (κ1) is 24.3. The van der Waals surface area contributed by atoms with Crippen molar-refractivity contribution in [2.24, 2.45) is 0 Å². The van der Waals surface area contributed by atoms with E-state index in [0.717, 1.165) is 48.9 Å². The van der Waals surface area contributed by atoms with Crippen molar-refractivity contribution < 1.29 is 8.78 Å². The third kappa shape index (κ3) is 7.62. The molecule has 0 aliphatic carbocycles. The predicted molar refractivity (Wildman–Crippen MR) is 133 cm³/mol. The van der Waals surface area contributed by atoms with Crippen LogP contribution in [0.4, 0.5) is 8.78 Å². The van der Waals surface area contributed by atoms with E-state index in [2.05, 4.69) is 37.5 Å². The van der Waals surface area contributed by atoms with Crippen molar-refractivity contribution in [3.05, 3.63) is 106 Å². The zero-order chi connectivity index (χ0) is 23.5. The quantitative estimate of drug-likeness (QED) is 0.259. The summed E-state index contributed by atoms with van der Waals surface area (Å²) in [5.41, 5.74) is 4.14. The number of hydrogen-bond donors (Lipinski definition) is 0.